The molecule has 21 heavy (non-hydrogen) atoms. The van der Waals surface area contributed by atoms with Gasteiger partial charge in [0.05, 0.1) is 5.54 Å². The van der Waals surface area contributed by atoms with Crippen LogP contribution in [0.15, 0.2) is 24.3 Å². The fourth-order valence-corrected chi connectivity index (χ4v) is 3.54. The van der Waals surface area contributed by atoms with Gasteiger partial charge in [0, 0.05) is 5.92 Å². The molecule has 3 nitrogen and oxygen atoms in total. The second kappa shape index (κ2) is 5.09. The number of nitrogens with one attached hydrogen (secondary N) is 2. The molecular weight excluding hydrogens is 267 g/mol. The summed E-state index contributed by atoms with van der Waals surface area (Å²) in [5.74, 6) is -0.0188. The molecular formula is C17H23FN2O. The average Bonchev–Trinajstić information content (AvgIpc) is 3.13. The summed E-state index contributed by atoms with van der Waals surface area (Å²) in [4.78, 5) is 12.5. The SMILES string of the molecule is CC(C)(NC(=O)C1CC12CCNCC2)c1cccc(F)c1. The van der Waals surface area contributed by atoms with Gasteiger partial charge in [-0.2, -0.15) is 0 Å². The van der Waals surface area contributed by atoms with E-state index in [0.717, 1.165) is 37.9 Å². The van der Waals surface area contributed by atoms with Gasteiger partial charge in [-0.15, -0.1) is 0 Å². The Labute approximate surface area is 125 Å². The molecule has 2 fully saturated rings. The van der Waals surface area contributed by atoms with Gasteiger partial charge in [-0.05, 0) is 69.3 Å². The molecule has 3 rings (SSSR count). The van der Waals surface area contributed by atoms with Crippen LogP contribution in [0.3, 0.4) is 0 Å². The van der Waals surface area contributed by atoms with E-state index in [9.17, 15) is 9.18 Å². The van der Waals surface area contributed by atoms with Crippen molar-refractivity contribution in [3.8, 4) is 0 Å². The van der Waals surface area contributed by atoms with E-state index in [1.54, 1.807) is 6.07 Å². The monoisotopic (exact) mass is 290 g/mol. The van der Waals surface area contributed by atoms with Crippen molar-refractivity contribution in [3.05, 3.63) is 35.6 Å². The highest BCUT2D eigenvalue weighted by atomic mass is 19.1. The van der Waals surface area contributed by atoms with Crippen LogP contribution in [0.4, 0.5) is 4.39 Å². The maximum absolute atomic E-state index is 13.4. The highest BCUT2D eigenvalue weighted by molar-refractivity contribution is 5.83. The van der Waals surface area contributed by atoms with Crippen molar-refractivity contribution >= 4 is 5.91 Å². The summed E-state index contributed by atoms with van der Waals surface area (Å²) in [6.45, 7) is 5.88. The minimum Gasteiger partial charge on any atom is -0.347 e. The summed E-state index contributed by atoms with van der Waals surface area (Å²) < 4.78 is 13.4. The Kier molecular flexibility index (Phi) is 3.52. The normalized spacial score (nSPS) is 23.9. The van der Waals surface area contributed by atoms with Crippen molar-refractivity contribution in [2.75, 3.05) is 13.1 Å². The lowest BCUT2D eigenvalue weighted by atomic mass is 9.90. The molecule has 2 N–H and O–H groups in total. The lowest BCUT2D eigenvalue weighted by molar-refractivity contribution is -0.125. The van der Waals surface area contributed by atoms with Gasteiger partial charge in [0.15, 0.2) is 0 Å². The van der Waals surface area contributed by atoms with Crippen LogP contribution in [0, 0.1) is 17.2 Å². The van der Waals surface area contributed by atoms with Crippen LogP contribution in [0.2, 0.25) is 0 Å². The molecule has 2 aliphatic rings. The van der Waals surface area contributed by atoms with Crippen LogP contribution in [0.25, 0.3) is 0 Å². The van der Waals surface area contributed by atoms with Gasteiger partial charge in [-0.25, -0.2) is 4.39 Å². The fraction of sp³-hybridized carbons (Fsp3) is 0.588. The molecule has 4 heteroatoms. The summed E-state index contributed by atoms with van der Waals surface area (Å²) in [7, 11) is 0. The minimum atomic E-state index is -0.546. The van der Waals surface area contributed by atoms with Gasteiger partial charge in [-0.3, -0.25) is 4.79 Å². The van der Waals surface area contributed by atoms with Gasteiger partial charge in [0.25, 0.3) is 0 Å². The standard InChI is InChI=1S/C17H23FN2O/c1-16(2,12-4-3-5-13(18)10-12)20-15(21)14-11-17(14)6-8-19-9-7-17/h3-5,10,14,19H,6-9,11H2,1-2H3,(H,20,21). The fourth-order valence-electron chi connectivity index (χ4n) is 3.54. The van der Waals surface area contributed by atoms with E-state index in [1.807, 2.05) is 19.9 Å². The van der Waals surface area contributed by atoms with Crippen molar-refractivity contribution in [1.82, 2.24) is 10.6 Å². The highest BCUT2D eigenvalue weighted by Gasteiger charge is 2.58. The molecule has 0 aromatic heterocycles. The largest absolute Gasteiger partial charge is 0.347 e. The third kappa shape index (κ3) is 2.82. The number of carbonyl (C=O) groups is 1. The van der Waals surface area contributed by atoms with Crippen molar-refractivity contribution in [2.45, 2.75) is 38.6 Å². The number of amides is 1. The van der Waals surface area contributed by atoms with Gasteiger partial charge in [-0.1, -0.05) is 12.1 Å². The Hall–Kier alpha value is -1.42. The zero-order valence-electron chi connectivity index (χ0n) is 12.7. The van der Waals surface area contributed by atoms with E-state index in [4.69, 9.17) is 0 Å². The summed E-state index contributed by atoms with van der Waals surface area (Å²) in [5.41, 5.74) is 0.485. The van der Waals surface area contributed by atoms with E-state index in [1.165, 1.54) is 12.1 Å². The van der Waals surface area contributed by atoms with E-state index in [0.29, 0.717) is 0 Å². The predicted molar refractivity (Wildman–Crippen MR) is 80.2 cm³/mol. The van der Waals surface area contributed by atoms with Crippen molar-refractivity contribution in [2.24, 2.45) is 11.3 Å². The molecule has 1 aromatic rings. The highest BCUT2D eigenvalue weighted by Crippen LogP contribution is 2.58. The zero-order chi connectivity index (χ0) is 15.1. The summed E-state index contributed by atoms with van der Waals surface area (Å²) >= 11 is 0. The van der Waals surface area contributed by atoms with Gasteiger partial charge >= 0.3 is 0 Å². The van der Waals surface area contributed by atoms with Crippen LogP contribution in [0.1, 0.15) is 38.7 Å². The van der Waals surface area contributed by atoms with Crippen LogP contribution in [-0.4, -0.2) is 19.0 Å². The molecule has 1 unspecified atom stereocenters. The van der Waals surface area contributed by atoms with Crippen LogP contribution >= 0.6 is 0 Å². The first kappa shape index (κ1) is 14.5. The van der Waals surface area contributed by atoms with E-state index >= 15 is 0 Å². The van der Waals surface area contributed by atoms with Gasteiger partial charge in [0.2, 0.25) is 5.91 Å². The van der Waals surface area contributed by atoms with E-state index in [2.05, 4.69) is 10.6 Å². The zero-order valence-corrected chi connectivity index (χ0v) is 12.7. The maximum Gasteiger partial charge on any atom is 0.224 e. The molecule has 114 valence electrons. The maximum atomic E-state index is 13.4. The molecule has 0 radical (unpaired) electrons. The number of hydrogen-bond acceptors (Lipinski definition) is 2. The number of rotatable bonds is 3. The lowest BCUT2D eigenvalue weighted by Gasteiger charge is -2.29. The Morgan fingerprint density at radius 3 is 2.76 bits per heavy atom. The Balaban J connectivity index is 1.67. The molecule has 1 aromatic carbocycles. The smallest absolute Gasteiger partial charge is 0.224 e. The summed E-state index contributed by atoms with van der Waals surface area (Å²) in [6, 6.07) is 6.46. The average molecular weight is 290 g/mol. The summed E-state index contributed by atoms with van der Waals surface area (Å²) in [5, 5.41) is 6.45. The molecule has 1 spiro atoms. The molecule has 0 bridgehead atoms. The minimum absolute atomic E-state index is 0.117. The second-order valence-electron chi connectivity index (χ2n) is 6.99. The first-order chi connectivity index (χ1) is 9.93. The van der Waals surface area contributed by atoms with Gasteiger partial charge in [0.1, 0.15) is 5.82 Å². The Bertz CT molecular complexity index is 549. The predicted octanol–water partition coefficient (Wildman–Crippen LogP) is 2.57. The molecule has 1 saturated heterocycles. The lowest BCUT2D eigenvalue weighted by Crippen LogP contribution is -2.43. The van der Waals surface area contributed by atoms with Crippen LogP contribution < -0.4 is 10.6 Å². The Morgan fingerprint density at radius 1 is 1.38 bits per heavy atom. The van der Waals surface area contributed by atoms with Crippen molar-refractivity contribution in [1.29, 1.82) is 0 Å². The van der Waals surface area contributed by atoms with Crippen molar-refractivity contribution < 1.29 is 9.18 Å². The summed E-state index contributed by atoms with van der Waals surface area (Å²) in [6.07, 6.45) is 3.18. The second-order valence-corrected chi connectivity index (χ2v) is 6.99. The number of benzene rings is 1. The van der Waals surface area contributed by atoms with Crippen molar-refractivity contribution in [3.63, 3.8) is 0 Å². The third-order valence-electron chi connectivity index (χ3n) is 5.09. The Morgan fingerprint density at radius 2 is 2.10 bits per heavy atom. The van der Waals surface area contributed by atoms with Gasteiger partial charge < -0.3 is 10.6 Å². The van der Waals surface area contributed by atoms with E-state index < -0.39 is 5.54 Å². The quantitative estimate of drug-likeness (QED) is 0.898. The molecule has 1 amide bonds. The molecule has 1 atom stereocenters. The third-order valence-corrected chi connectivity index (χ3v) is 5.09. The first-order valence-corrected chi connectivity index (χ1v) is 7.72. The molecule has 1 aliphatic carbocycles. The number of piperidine rings is 1. The topological polar surface area (TPSA) is 41.1 Å². The number of carbonyl (C=O) groups excluding carboxylic acids is 1. The first-order valence-electron chi connectivity index (χ1n) is 7.72. The molecule has 1 saturated carbocycles. The number of halogens is 1. The molecule has 1 heterocycles. The van der Waals surface area contributed by atoms with E-state index in [-0.39, 0.29) is 23.1 Å². The van der Waals surface area contributed by atoms with Crippen LogP contribution in [0.5, 0.6) is 0 Å². The number of hydrogen-bond donors (Lipinski definition) is 2. The molecule has 1 aliphatic heterocycles. The van der Waals surface area contributed by atoms with Crippen LogP contribution in [-0.2, 0) is 10.3 Å².